The molecule has 0 saturated carbocycles. The number of carboxylic acids is 1. The first-order chi connectivity index (χ1) is 10.5. The number of alkyl halides is 2. The second-order valence-electron chi connectivity index (χ2n) is 5.05. The highest BCUT2D eigenvalue weighted by Gasteiger charge is 2.24. The van der Waals surface area contributed by atoms with Crippen LogP contribution < -0.4 is 0 Å². The molecule has 2 unspecified atom stereocenters. The molecule has 0 aliphatic heterocycles. The third kappa shape index (κ3) is 2.87. The van der Waals surface area contributed by atoms with Crippen molar-refractivity contribution in [1.29, 1.82) is 0 Å². The zero-order valence-corrected chi connectivity index (χ0v) is 15.2. The van der Waals surface area contributed by atoms with Crippen molar-refractivity contribution in [3.8, 4) is 0 Å². The van der Waals surface area contributed by atoms with E-state index in [4.69, 9.17) is 16.7 Å². The zero-order chi connectivity index (χ0) is 15.9. The van der Waals surface area contributed by atoms with Gasteiger partial charge in [-0.2, -0.15) is 0 Å². The van der Waals surface area contributed by atoms with Gasteiger partial charge in [-0.15, -0.1) is 0 Å². The Morgan fingerprint density at radius 1 is 0.955 bits per heavy atom. The highest BCUT2D eigenvalue weighted by molar-refractivity contribution is 9.12. The molecule has 2 atom stereocenters. The highest BCUT2D eigenvalue weighted by Crippen LogP contribution is 2.35. The number of aliphatic carboxylic acids is 1. The molecule has 0 heterocycles. The maximum absolute atomic E-state index is 11.1. The molecule has 0 spiro atoms. The van der Waals surface area contributed by atoms with Crippen LogP contribution in [0.15, 0.2) is 48.5 Å². The number of hydrogen-bond acceptors (Lipinski definition) is 1. The van der Waals surface area contributed by atoms with Gasteiger partial charge in [-0.1, -0.05) is 73.8 Å². The minimum Gasteiger partial charge on any atom is -0.480 e. The summed E-state index contributed by atoms with van der Waals surface area (Å²) in [5, 5.41) is 14.2. The van der Waals surface area contributed by atoms with Crippen molar-refractivity contribution >= 4 is 71.0 Å². The van der Waals surface area contributed by atoms with E-state index < -0.39 is 10.8 Å². The molecule has 1 N–H and O–H groups in total. The van der Waals surface area contributed by atoms with Crippen LogP contribution in [0, 0.1) is 0 Å². The van der Waals surface area contributed by atoms with Gasteiger partial charge < -0.3 is 5.11 Å². The SMILES string of the molecule is O=C(O)C(Br)C(Br)c1ccc2c(ccc3cc(Cl)ccc32)c1. The van der Waals surface area contributed by atoms with Gasteiger partial charge in [0.2, 0.25) is 0 Å². The summed E-state index contributed by atoms with van der Waals surface area (Å²) in [6.45, 7) is 0. The minimum absolute atomic E-state index is 0.296. The van der Waals surface area contributed by atoms with E-state index >= 15 is 0 Å². The summed E-state index contributed by atoms with van der Waals surface area (Å²) >= 11 is 12.7. The van der Waals surface area contributed by atoms with Crippen LogP contribution in [-0.2, 0) is 4.79 Å². The quantitative estimate of drug-likeness (QED) is 0.403. The molecule has 0 aliphatic rings. The molecule has 3 rings (SSSR count). The summed E-state index contributed by atoms with van der Waals surface area (Å²) in [4.78, 5) is 10.1. The lowest BCUT2D eigenvalue weighted by Gasteiger charge is -2.14. The van der Waals surface area contributed by atoms with Crippen LogP contribution in [0.2, 0.25) is 5.02 Å². The smallest absolute Gasteiger partial charge is 0.318 e. The van der Waals surface area contributed by atoms with Gasteiger partial charge in [-0.05, 0) is 45.3 Å². The number of benzene rings is 3. The first-order valence-corrected chi connectivity index (χ1v) is 8.81. The van der Waals surface area contributed by atoms with Crippen LogP contribution >= 0.6 is 43.5 Å². The normalized spacial score (nSPS) is 14.1. The van der Waals surface area contributed by atoms with Crippen molar-refractivity contribution in [1.82, 2.24) is 0 Å². The van der Waals surface area contributed by atoms with Gasteiger partial charge in [-0.3, -0.25) is 4.79 Å². The molecular formula is C17H11Br2ClO2. The van der Waals surface area contributed by atoms with Gasteiger partial charge in [0.15, 0.2) is 0 Å². The molecule has 0 radical (unpaired) electrons. The molecule has 22 heavy (non-hydrogen) atoms. The number of hydrogen-bond donors (Lipinski definition) is 1. The topological polar surface area (TPSA) is 37.3 Å². The van der Waals surface area contributed by atoms with Crippen molar-refractivity contribution in [2.45, 2.75) is 9.65 Å². The lowest BCUT2D eigenvalue weighted by atomic mass is 9.99. The first-order valence-electron chi connectivity index (χ1n) is 6.60. The summed E-state index contributed by atoms with van der Waals surface area (Å²) in [6, 6.07) is 15.9. The Bertz CT molecular complexity index is 879. The third-order valence-electron chi connectivity index (χ3n) is 3.63. The number of carbonyl (C=O) groups is 1. The number of halogens is 3. The molecule has 3 aromatic carbocycles. The van der Waals surface area contributed by atoms with Crippen LogP contribution in [0.3, 0.4) is 0 Å². The van der Waals surface area contributed by atoms with Gasteiger partial charge in [0.1, 0.15) is 4.83 Å². The van der Waals surface area contributed by atoms with E-state index in [2.05, 4.69) is 31.9 Å². The fourth-order valence-corrected chi connectivity index (χ4v) is 3.52. The monoisotopic (exact) mass is 440 g/mol. The number of rotatable bonds is 3. The Morgan fingerprint density at radius 3 is 2.18 bits per heavy atom. The standard InChI is InChI=1S/C17H11Br2ClO2/c18-15(16(19)17(21)22)11-3-5-13-9(7-11)1-2-10-8-12(20)4-6-14(10)13/h1-8,15-16H,(H,21,22). The predicted octanol–water partition coefficient (Wildman–Crippen LogP) is 5.93. The van der Waals surface area contributed by atoms with Crippen molar-refractivity contribution in [2.75, 3.05) is 0 Å². The van der Waals surface area contributed by atoms with E-state index in [1.165, 1.54) is 0 Å². The van der Waals surface area contributed by atoms with Crippen molar-refractivity contribution in [3.63, 3.8) is 0 Å². The minimum atomic E-state index is -0.893. The first kappa shape index (κ1) is 15.8. The van der Waals surface area contributed by atoms with Crippen LogP contribution in [-0.4, -0.2) is 15.9 Å². The largest absolute Gasteiger partial charge is 0.480 e. The molecule has 0 saturated heterocycles. The molecule has 2 nitrogen and oxygen atoms in total. The molecule has 0 fully saturated rings. The van der Waals surface area contributed by atoms with Crippen LogP contribution in [0.1, 0.15) is 10.4 Å². The summed E-state index contributed by atoms with van der Waals surface area (Å²) in [5.41, 5.74) is 0.921. The van der Waals surface area contributed by atoms with Crippen molar-refractivity contribution in [3.05, 3.63) is 59.1 Å². The fraction of sp³-hybridized carbons (Fsp3) is 0.118. The molecule has 112 valence electrons. The molecule has 0 amide bonds. The van der Waals surface area contributed by atoms with Crippen LogP contribution in [0.4, 0.5) is 0 Å². The highest BCUT2D eigenvalue weighted by atomic mass is 79.9. The van der Waals surface area contributed by atoms with Gasteiger partial charge in [0, 0.05) is 5.02 Å². The van der Waals surface area contributed by atoms with E-state index in [-0.39, 0.29) is 4.83 Å². The Labute approximate surface area is 149 Å². The summed E-state index contributed by atoms with van der Waals surface area (Å²) in [6.07, 6.45) is 0. The van der Waals surface area contributed by atoms with E-state index in [9.17, 15) is 4.79 Å². The van der Waals surface area contributed by atoms with Crippen LogP contribution in [0.5, 0.6) is 0 Å². The van der Waals surface area contributed by atoms with Crippen molar-refractivity contribution in [2.24, 2.45) is 0 Å². The zero-order valence-electron chi connectivity index (χ0n) is 11.3. The maximum atomic E-state index is 11.1. The van der Waals surface area contributed by atoms with Gasteiger partial charge >= 0.3 is 5.97 Å². The second-order valence-corrected chi connectivity index (χ2v) is 7.46. The Morgan fingerprint density at radius 2 is 1.55 bits per heavy atom. The summed E-state index contributed by atoms with van der Waals surface area (Å²) < 4.78 is 0. The predicted molar refractivity (Wildman–Crippen MR) is 98.5 cm³/mol. The van der Waals surface area contributed by atoms with Crippen molar-refractivity contribution < 1.29 is 9.90 Å². The molecular weight excluding hydrogens is 431 g/mol. The van der Waals surface area contributed by atoms with Gasteiger partial charge in [-0.25, -0.2) is 0 Å². The Hall–Kier alpha value is -1.10. The molecule has 0 aromatic heterocycles. The Kier molecular flexibility index (Phi) is 4.44. The average molecular weight is 443 g/mol. The molecule has 0 bridgehead atoms. The van der Waals surface area contributed by atoms with Gasteiger partial charge in [0.05, 0.1) is 4.83 Å². The fourth-order valence-electron chi connectivity index (χ4n) is 2.53. The van der Waals surface area contributed by atoms with Crippen LogP contribution in [0.25, 0.3) is 21.5 Å². The maximum Gasteiger partial charge on any atom is 0.318 e. The average Bonchev–Trinajstić information content (AvgIpc) is 2.52. The van der Waals surface area contributed by atoms with E-state index in [1.54, 1.807) is 0 Å². The summed E-state index contributed by atoms with van der Waals surface area (Å²) in [5.74, 6) is -0.893. The molecule has 0 aliphatic carbocycles. The summed E-state index contributed by atoms with van der Waals surface area (Å²) in [7, 11) is 0. The van der Waals surface area contributed by atoms with E-state index in [1.807, 2.05) is 48.5 Å². The Balaban J connectivity index is 2.13. The van der Waals surface area contributed by atoms with Gasteiger partial charge in [0.25, 0.3) is 0 Å². The molecule has 5 heteroatoms. The second kappa shape index (κ2) is 6.19. The van der Waals surface area contributed by atoms with E-state index in [0.717, 1.165) is 27.1 Å². The molecule has 3 aromatic rings. The lowest BCUT2D eigenvalue weighted by Crippen LogP contribution is -2.17. The third-order valence-corrected chi connectivity index (χ3v) is 6.56. The van der Waals surface area contributed by atoms with E-state index in [0.29, 0.717) is 5.02 Å². The number of carboxylic acid groups (broad SMARTS) is 1. The number of fused-ring (bicyclic) bond motifs is 3. The lowest BCUT2D eigenvalue weighted by molar-refractivity contribution is -0.136.